The second-order valence-electron chi connectivity index (χ2n) is 13.6. The molecule has 1 N–H and O–H groups in total. The number of carbonyl (C=O) groups excluding carboxylic acids is 2. The molecule has 0 bridgehead atoms. The first-order valence-corrected chi connectivity index (χ1v) is 17.9. The van der Waals surface area contributed by atoms with Crippen LogP contribution in [0.3, 0.4) is 0 Å². The van der Waals surface area contributed by atoms with Gasteiger partial charge < -0.3 is 33.9 Å². The van der Waals surface area contributed by atoms with Crippen LogP contribution in [-0.2, 0) is 29.0 Å². The summed E-state index contributed by atoms with van der Waals surface area (Å²) in [6.45, 7) is 6.83. The number of amides is 2. The Balaban J connectivity index is 1.28. The summed E-state index contributed by atoms with van der Waals surface area (Å²) in [4.78, 5) is 30.4. The van der Waals surface area contributed by atoms with Gasteiger partial charge in [-0.15, -0.1) is 0 Å². The molecule has 0 aliphatic carbocycles. The molecule has 0 radical (unpaired) electrons. The third kappa shape index (κ3) is 7.22. The highest BCUT2D eigenvalue weighted by Gasteiger charge is 2.42. The molecule has 50 heavy (non-hydrogen) atoms. The van der Waals surface area contributed by atoms with Gasteiger partial charge in [0.1, 0.15) is 6.61 Å². The fraction of sp³-hybridized carbons (Fsp3) is 0.500. The Morgan fingerprint density at radius 1 is 0.780 bits per heavy atom. The standard InChI is InChI=1S/C40H51N3O7/c1-7-26-23-42-15-13-27-19-35(46-3)37(48-5)21-31(27)33(42)17-29(26)18-34-32-22-38(49-6)36(47-4)20-28(32)14-16-43(34)40(45)50-24-25-9-11-30(12-10-25)41-39(44)8-2/h9-12,19-22,26,29,33-34H,7-8,13-18,23-24H2,1-6H3,(H,41,44). The molecule has 4 atom stereocenters. The second-order valence-corrected chi connectivity index (χ2v) is 13.6. The number of methoxy groups -OCH3 is 4. The number of nitrogens with zero attached hydrogens (tertiary/aromatic N) is 2. The van der Waals surface area contributed by atoms with Crippen LogP contribution in [0.25, 0.3) is 0 Å². The summed E-state index contributed by atoms with van der Waals surface area (Å²) in [5.41, 5.74) is 6.48. The second kappa shape index (κ2) is 15.6. The van der Waals surface area contributed by atoms with Gasteiger partial charge >= 0.3 is 6.09 Å². The molecule has 0 saturated carbocycles. The highest BCUT2D eigenvalue weighted by Crippen LogP contribution is 2.49. The van der Waals surface area contributed by atoms with Crippen molar-refractivity contribution in [2.24, 2.45) is 11.8 Å². The number of ether oxygens (including phenoxy) is 5. The molecule has 4 unspecified atom stereocenters. The van der Waals surface area contributed by atoms with Gasteiger partial charge in [0.2, 0.25) is 5.91 Å². The molecule has 268 valence electrons. The minimum atomic E-state index is -0.330. The predicted molar refractivity (Wildman–Crippen MR) is 192 cm³/mol. The molecule has 0 aromatic heterocycles. The van der Waals surface area contributed by atoms with E-state index >= 15 is 0 Å². The lowest BCUT2D eigenvalue weighted by Gasteiger charge is -2.49. The fourth-order valence-corrected chi connectivity index (χ4v) is 8.20. The highest BCUT2D eigenvalue weighted by atomic mass is 16.6. The molecule has 1 saturated heterocycles. The lowest BCUT2D eigenvalue weighted by Crippen LogP contribution is -2.47. The Morgan fingerprint density at radius 3 is 2.00 bits per heavy atom. The van der Waals surface area contributed by atoms with E-state index in [1.165, 1.54) is 16.7 Å². The van der Waals surface area contributed by atoms with E-state index in [0.29, 0.717) is 42.7 Å². The molecule has 3 heterocycles. The first kappa shape index (κ1) is 35.4. The van der Waals surface area contributed by atoms with Crippen LogP contribution in [0.15, 0.2) is 48.5 Å². The van der Waals surface area contributed by atoms with Crippen LogP contribution in [0.2, 0.25) is 0 Å². The summed E-state index contributed by atoms with van der Waals surface area (Å²) >= 11 is 0. The zero-order chi connectivity index (χ0) is 35.4. The van der Waals surface area contributed by atoms with E-state index in [-0.39, 0.29) is 30.7 Å². The fourth-order valence-electron chi connectivity index (χ4n) is 8.20. The largest absolute Gasteiger partial charge is 0.493 e. The Morgan fingerprint density at radius 2 is 1.38 bits per heavy atom. The topological polar surface area (TPSA) is 98.8 Å². The van der Waals surface area contributed by atoms with Crippen molar-refractivity contribution in [2.45, 2.75) is 71.1 Å². The molecule has 10 nitrogen and oxygen atoms in total. The summed E-state index contributed by atoms with van der Waals surface area (Å²) in [6.07, 6.45) is 4.63. The number of anilines is 1. The van der Waals surface area contributed by atoms with Gasteiger partial charge in [-0.3, -0.25) is 9.69 Å². The molecule has 3 aliphatic heterocycles. The average molecular weight is 686 g/mol. The number of piperidine rings is 1. The quantitative estimate of drug-likeness (QED) is 0.224. The Bertz CT molecular complexity index is 1680. The van der Waals surface area contributed by atoms with Crippen LogP contribution < -0.4 is 24.3 Å². The van der Waals surface area contributed by atoms with E-state index in [1.807, 2.05) is 36.1 Å². The highest BCUT2D eigenvalue weighted by molar-refractivity contribution is 5.90. The number of rotatable bonds is 11. The number of hydrogen-bond donors (Lipinski definition) is 1. The Hall–Kier alpha value is -4.44. The molecule has 6 rings (SSSR count). The van der Waals surface area contributed by atoms with E-state index in [4.69, 9.17) is 23.7 Å². The molecular formula is C40H51N3O7. The van der Waals surface area contributed by atoms with Crippen LogP contribution in [0, 0.1) is 11.8 Å². The van der Waals surface area contributed by atoms with E-state index in [9.17, 15) is 9.59 Å². The minimum absolute atomic E-state index is 0.0431. The lowest BCUT2D eigenvalue weighted by molar-refractivity contribution is -0.115. The monoisotopic (exact) mass is 685 g/mol. The van der Waals surface area contributed by atoms with Gasteiger partial charge in [-0.1, -0.05) is 32.4 Å². The Labute approximate surface area is 296 Å². The van der Waals surface area contributed by atoms with Gasteiger partial charge in [-0.05, 0) is 102 Å². The molecule has 2 amide bonds. The maximum absolute atomic E-state index is 14.0. The smallest absolute Gasteiger partial charge is 0.410 e. The van der Waals surface area contributed by atoms with Gasteiger partial charge in [0.15, 0.2) is 23.0 Å². The molecule has 3 aromatic rings. The van der Waals surface area contributed by atoms with Gasteiger partial charge in [-0.25, -0.2) is 4.79 Å². The van der Waals surface area contributed by atoms with Gasteiger partial charge in [-0.2, -0.15) is 0 Å². The summed E-state index contributed by atoms with van der Waals surface area (Å²) < 4.78 is 28.8. The maximum atomic E-state index is 14.0. The van der Waals surface area contributed by atoms with E-state index in [1.54, 1.807) is 28.4 Å². The van der Waals surface area contributed by atoms with Crippen molar-refractivity contribution < 1.29 is 33.3 Å². The summed E-state index contributed by atoms with van der Waals surface area (Å²) in [7, 11) is 6.70. The maximum Gasteiger partial charge on any atom is 0.410 e. The molecule has 0 spiro atoms. The van der Waals surface area contributed by atoms with Crippen molar-refractivity contribution in [3.63, 3.8) is 0 Å². The van der Waals surface area contributed by atoms with Crippen molar-refractivity contribution >= 4 is 17.7 Å². The van der Waals surface area contributed by atoms with Crippen LogP contribution in [0.1, 0.15) is 79.4 Å². The number of nitrogens with one attached hydrogen (secondary N) is 1. The number of carbonyl (C=O) groups is 2. The van der Waals surface area contributed by atoms with E-state index in [2.05, 4.69) is 41.4 Å². The van der Waals surface area contributed by atoms with Crippen LogP contribution in [0.5, 0.6) is 23.0 Å². The molecule has 1 fully saturated rings. The molecule has 3 aromatic carbocycles. The number of hydrogen-bond acceptors (Lipinski definition) is 8. The zero-order valence-corrected chi connectivity index (χ0v) is 30.3. The van der Waals surface area contributed by atoms with Gasteiger partial charge in [0.05, 0.1) is 34.5 Å². The van der Waals surface area contributed by atoms with Gasteiger partial charge in [0, 0.05) is 37.8 Å². The average Bonchev–Trinajstić information content (AvgIpc) is 3.15. The third-order valence-electron chi connectivity index (χ3n) is 11.0. The minimum Gasteiger partial charge on any atom is -0.493 e. The number of fused-ring (bicyclic) bond motifs is 4. The molecule has 3 aliphatic rings. The van der Waals surface area contributed by atoms with Crippen molar-refractivity contribution in [1.29, 1.82) is 0 Å². The van der Waals surface area contributed by atoms with Crippen LogP contribution in [-0.4, -0.2) is 69.9 Å². The van der Waals surface area contributed by atoms with E-state index in [0.717, 1.165) is 67.1 Å². The normalized spacial score (nSPS) is 21.3. The Kier molecular flexibility index (Phi) is 11.1. The van der Waals surface area contributed by atoms with Crippen LogP contribution >= 0.6 is 0 Å². The lowest BCUT2D eigenvalue weighted by atomic mass is 9.72. The summed E-state index contributed by atoms with van der Waals surface area (Å²) in [5, 5.41) is 2.86. The number of benzene rings is 3. The van der Waals surface area contributed by atoms with Crippen molar-refractivity contribution in [3.8, 4) is 23.0 Å². The predicted octanol–water partition coefficient (Wildman–Crippen LogP) is 7.34. The molecular weight excluding hydrogens is 634 g/mol. The zero-order valence-electron chi connectivity index (χ0n) is 30.3. The van der Waals surface area contributed by atoms with Crippen molar-refractivity contribution in [3.05, 3.63) is 76.3 Å². The van der Waals surface area contributed by atoms with E-state index < -0.39 is 0 Å². The first-order valence-electron chi connectivity index (χ1n) is 17.9. The third-order valence-corrected chi connectivity index (χ3v) is 11.0. The summed E-state index contributed by atoms with van der Waals surface area (Å²) in [6, 6.07) is 16.0. The van der Waals surface area contributed by atoms with Crippen molar-refractivity contribution in [1.82, 2.24) is 9.80 Å². The SMILES string of the molecule is CCC(=O)Nc1ccc(COC(=O)N2CCc3cc(OC)c(OC)cc3C2CC2CC3c4cc(OC)c(OC)cc4CCN3CC2CC)cc1. The molecule has 10 heteroatoms. The first-order chi connectivity index (χ1) is 24.3. The van der Waals surface area contributed by atoms with Crippen LogP contribution in [0.4, 0.5) is 10.5 Å². The van der Waals surface area contributed by atoms with Gasteiger partial charge in [0.25, 0.3) is 0 Å². The summed E-state index contributed by atoms with van der Waals surface area (Å²) in [5.74, 6) is 3.70. The van der Waals surface area contributed by atoms with Crippen molar-refractivity contribution in [2.75, 3.05) is 53.4 Å².